The van der Waals surface area contributed by atoms with Gasteiger partial charge in [-0.3, -0.25) is 14.9 Å². The molecule has 0 spiro atoms. The monoisotopic (exact) mass is 431 g/mol. The van der Waals surface area contributed by atoms with Crippen molar-refractivity contribution in [3.8, 4) is 0 Å². The van der Waals surface area contributed by atoms with Crippen LogP contribution >= 0.6 is 0 Å². The van der Waals surface area contributed by atoms with Gasteiger partial charge < -0.3 is 14.2 Å². The number of benzene rings is 2. The number of carbonyl (C=O) groups excluding carboxylic acids is 1. The van der Waals surface area contributed by atoms with E-state index in [4.69, 9.17) is 8.83 Å². The number of anilines is 2. The van der Waals surface area contributed by atoms with E-state index in [1.165, 1.54) is 29.8 Å². The molecule has 2 aromatic carbocycles. The van der Waals surface area contributed by atoms with Crippen molar-refractivity contribution in [1.29, 1.82) is 0 Å². The Hall–Kier alpha value is -4.20. The van der Waals surface area contributed by atoms with E-state index in [0.717, 1.165) is 11.2 Å². The summed E-state index contributed by atoms with van der Waals surface area (Å²) in [5.74, 6) is -0.401. The summed E-state index contributed by atoms with van der Waals surface area (Å²) < 4.78 is 10.8. The lowest BCUT2D eigenvalue weighted by Crippen LogP contribution is -2.10. The van der Waals surface area contributed by atoms with E-state index >= 15 is 0 Å². The fourth-order valence-corrected chi connectivity index (χ4v) is 3.07. The normalized spacial score (nSPS) is 11.8. The molecule has 0 atom stereocenters. The number of ketones is 1. The van der Waals surface area contributed by atoms with Crippen molar-refractivity contribution in [2.24, 2.45) is 0 Å². The quantitative estimate of drug-likeness (QED) is 0.166. The molecular formula is C24H21N3O5. The van der Waals surface area contributed by atoms with E-state index < -0.39 is 4.92 Å². The van der Waals surface area contributed by atoms with Gasteiger partial charge in [-0.2, -0.15) is 4.98 Å². The predicted octanol–water partition coefficient (Wildman–Crippen LogP) is 6.27. The third-order valence-corrected chi connectivity index (χ3v) is 4.87. The largest absolute Gasteiger partial charge is 0.433 e. The van der Waals surface area contributed by atoms with Crippen LogP contribution < -0.4 is 5.32 Å². The summed E-state index contributed by atoms with van der Waals surface area (Å²) in [6.45, 7) is 6.43. The molecule has 0 fully saturated rings. The van der Waals surface area contributed by atoms with Crippen LogP contribution in [-0.2, 0) is 5.41 Å². The number of nitrogens with zero attached hydrogens (tertiary/aromatic N) is 2. The average molecular weight is 431 g/mol. The van der Waals surface area contributed by atoms with Crippen molar-refractivity contribution in [1.82, 2.24) is 4.98 Å². The summed E-state index contributed by atoms with van der Waals surface area (Å²) in [6, 6.07) is 15.8. The molecule has 162 valence electrons. The first kappa shape index (κ1) is 21.0. The minimum Gasteiger partial charge on any atom is -0.423 e. The van der Waals surface area contributed by atoms with Crippen LogP contribution in [0.5, 0.6) is 0 Å². The number of hydrogen-bond donors (Lipinski definition) is 1. The molecule has 0 saturated heterocycles. The fraction of sp³-hybridized carbons (Fsp3) is 0.167. The van der Waals surface area contributed by atoms with Crippen molar-refractivity contribution < 1.29 is 18.6 Å². The minimum atomic E-state index is -0.634. The van der Waals surface area contributed by atoms with Gasteiger partial charge in [0, 0.05) is 11.3 Å². The summed E-state index contributed by atoms with van der Waals surface area (Å²) >= 11 is 0. The third kappa shape index (κ3) is 4.59. The van der Waals surface area contributed by atoms with Gasteiger partial charge in [0.25, 0.3) is 6.01 Å². The first-order valence-electron chi connectivity index (χ1n) is 9.94. The molecule has 0 unspecified atom stereocenters. The Bertz CT molecular complexity index is 1320. The first-order valence-corrected chi connectivity index (χ1v) is 9.94. The second kappa shape index (κ2) is 8.14. The molecule has 0 radical (unpaired) electrons. The van der Waals surface area contributed by atoms with Crippen molar-refractivity contribution in [3.05, 3.63) is 87.7 Å². The molecule has 1 N–H and O–H groups in total. The predicted molar refractivity (Wildman–Crippen MR) is 121 cm³/mol. The third-order valence-electron chi connectivity index (χ3n) is 4.87. The standard InChI is InChI=1S/C24H21N3O5/c1-24(2,3)16-6-12-21-19(14-16)26-23(32-21)25-17-7-4-15(5-8-17)20(28)11-9-18-10-13-22(31-18)27(29)30/h4-14H,1-3H3,(H,25,26)/b11-9+. The highest BCUT2D eigenvalue weighted by Crippen LogP contribution is 2.28. The van der Waals surface area contributed by atoms with Gasteiger partial charge in [0.2, 0.25) is 0 Å². The van der Waals surface area contributed by atoms with Crippen molar-refractivity contribution in [2.45, 2.75) is 26.2 Å². The van der Waals surface area contributed by atoms with Gasteiger partial charge in [-0.15, -0.1) is 0 Å². The van der Waals surface area contributed by atoms with Crippen molar-refractivity contribution in [3.63, 3.8) is 0 Å². The topological polar surface area (TPSA) is 111 Å². The van der Waals surface area contributed by atoms with Crippen LogP contribution in [0.4, 0.5) is 17.6 Å². The molecule has 0 aliphatic rings. The van der Waals surface area contributed by atoms with Gasteiger partial charge in [0.1, 0.15) is 16.2 Å². The lowest BCUT2D eigenvalue weighted by atomic mass is 9.87. The highest BCUT2D eigenvalue weighted by atomic mass is 16.6. The molecule has 32 heavy (non-hydrogen) atoms. The SMILES string of the molecule is CC(C)(C)c1ccc2oc(Nc3ccc(C(=O)/C=C/c4ccc([N+](=O)[O-])o4)cc3)nc2c1. The lowest BCUT2D eigenvalue weighted by Gasteiger charge is -2.18. The number of aromatic nitrogens is 1. The molecule has 0 bridgehead atoms. The summed E-state index contributed by atoms with van der Waals surface area (Å²) in [4.78, 5) is 26.9. The maximum Gasteiger partial charge on any atom is 0.433 e. The van der Waals surface area contributed by atoms with Crippen LogP contribution in [0.3, 0.4) is 0 Å². The van der Waals surface area contributed by atoms with E-state index in [1.807, 2.05) is 18.2 Å². The Balaban J connectivity index is 1.44. The Kier molecular flexibility index (Phi) is 5.36. The Labute approximate surface area is 183 Å². The Morgan fingerprint density at radius 2 is 1.81 bits per heavy atom. The number of fused-ring (bicyclic) bond motifs is 1. The van der Waals surface area contributed by atoms with Crippen LogP contribution in [-0.4, -0.2) is 15.7 Å². The molecule has 8 heteroatoms. The second-order valence-corrected chi connectivity index (χ2v) is 8.28. The van der Waals surface area contributed by atoms with Crippen molar-refractivity contribution in [2.75, 3.05) is 5.32 Å². The number of allylic oxidation sites excluding steroid dienone is 1. The summed E-state index contributed by atoms with van der Waals surface area (Å²) in [5.41, 5.74) is 3.83. The van der Waals surface area contributed by atoms with Gasteiger partial charge in [-0.1, -0.05) is 26.8 Å². The zero-order chi connectivity index (χ0) is 22.9. The number of hydrogen-bond acceptors (Lipinski definition) is 7. The molecule has 0 amide bonds. The number of furan rings is 1. The van der Waals surface area contributed by atoms with Gasteiger partial charge in [0.05, 0.1) is 6.07 Å². The van der Waals surface area contributed by atoms with Gasteiger partial charge in [-0.05, 0) is 65.6 Å². The second-order valence-electron chi connectivity index (χ2n) is 8.28. The van der Waals surface area contributed by atoms with Gasteiger partial charge in [0.15, 0.2) is 11.4 Å². The number of nitro groups is 1. The van der Waals surface area contributed by atoms with E-state index in [0.29, 0.717) is 17.2 Å². The highest BCUT2D eigenvalue weighted by molar-refractivity contribution is 6.06. The molecule has 2 aromatic heterocycles. The zero-order valence-electron chi connectivity index (χ0n) is 17.8. The fourth-order valence-electron chi connectivity index (χ4n) is 3.07. The smallest absolute Gasteiger partial charge is 0.423 e. The summed E-state index contributed by atoms with van der Waals surface area (Å²) in [5, 5.41) is 13.7. The average Bonchev–Trinajstić information content (AvgIpc) is 3.38. The number of carbonyl (C=O) groups is 1. The number of nitrogens with one attached hydrogen (secondary N) is 1. The van der Waals surface area contributed by atoms with E-state index in [9.17, 15) is 14.9 Å². The van der Waals surface area contributed by atoms with Crippen LogP contribution in [0.2, 0.25) is 0 Å². The van der Waals surface area contributed by atoms with E-state index in [2.05, 4.69) is 31.1 Å². The molecule has 0 aliphatic carbocycles. The van der Waals surface area contributed by atoms with Gasteiger partial charge >= 0.3 is 5.88 Å². The van der Waals surface area contributed by atoms with Crippen LogP contribution in [0.25, 0.3) is 17.2 Å². The maximum atomic E-state index is 12.3. The molecule has 2 heterocycles. The molecule has 4 rings (SSSR count). The summed E-state index contributed by atoms with van der Waals surface area (Å²) in [7, 11) is 0. The molecule has 8 nitrogen and oxygen atoms in total. The van der Waals surface area contributed by atoms with E-state index in [-0.39, 0.29) is 22.8 Å². The summed E-state index contributed by atoms with van der Waals surface area (Å²) in [6.07, 6.45) is 2.70. The molecule has 0 saturated carbocycles. The van der Waals surface area contributed by atoms with Crippen molar-refractivity contribution >= 4 is 40.5 Å². The van der Waals surface area contributed by atoms with Crippen LogP contribution in [0, 0.1) is 10.1 Å². The first-order chi connectivity index (χ1) is 15.2. The lowest BCUT2D eigenvalue weighted by molar-refractivity contribution is -0.402. The van der Waals surface area contributed by atoms with E-state index in [1.54, 1.807) is 24.3 Å². The van der Waals surface area contributed by atoms with Crippen LogP contribution in [0.1, 0.15) is 42.5 Å². The minimum absolute atomic E-state index is 0.0171. The van der Waals surface area contributed by atoms with Crippen LogP contribution in [0.15, 0.2) is 69.5 Å². The van der Waals surface area contributed by atoms with Gasteiger partial charge in [-0.25, -0.2) is 0 Å². The maximum absolute atomic E-state index is 12.3. The molecule has 4 aromatic rings. The highest BCUT2D eigenvalue weighted by Gasteiger charge is 2.16. The molecular weight excluding hydrogens is 410 g/mol. The number of rotatable bonds is 6. The Morgan fingerprint density at radius 3 is 2.47 bits per heavy atom. The molecule has 0 aliphatic heterocycles. The Morgan fingerprint density at radius 1 is 1.06 bits per heavy atom. The number of oxazole rings is 1. The zero-order valence-corrected chi connectivity index (χ0v) is 17.8.